The summed E-state index contributed by atoms with van der Waals surface area (Å²) in [7, 11) is 0. The molecule has 118 valence electrons. The standard InChI is InChI=1S/C18H24N2O2/c1-6-14-7-9-15(10-8-14)17(11(2)3)19-18(21)16-12(4)20-22-13(16)5/h7-11,17H,6H2,1-5H3,(H,19,21)/t17-/m0/s1. The van der Waals surface area contributed by atoms with Crippen LogP contribution in [0.4, 0.5) is 0 Å². The second kappa shape index (κ2) is 6.77. The van der Waals surface area contributed by atoms with E-state index < -0.39 is 0 Å². The van der Waals surface area contributed by atoms with Gasteiger partial charge in [0.2, 0.25) is 0 Å². The average Bonchev–Trinajstić information content (AvgIpc) is 2.83. The molecule has 0 saturated carbocycles. The minimum atomic E-state index is -0.130. The van der Waals surface area contributed by atoms with Crippen LogP contribution in [0.1, 0.15) is 59.8 Å². The van der Waals surface area contributed by atoms with E-state index in [1.165, 1.54) is 5.56 Å². The maximum Gasteiger partial charge on any atom is 0.257 e. The van der Waals surface area contributed by atoms with Gasteiger partial charge >= 0.3 is 0 Å². The van der Waals surface area contributed by atoms with Gasteiger partial charge in [-0.3, -0.25) is 4.79 Å². The Morgan fingerprint density at radius 2 is 1.86 bits per heavy atom. The molecule has 2 aromatic rings. The molecule has 4 nitrogen and oxygen atoms in total. The smallest absolute Gasteiger partial charge is 0.257 e. The highest BCUT2D eigenvalue weighted by Gasteiger charge is 2.23. The molecule has 0 radical (unpaired) electrons. The molecule has 0 spiro atoms. The van der Waals surface area contributed by atoms with Crippen molar-refractivity contribution in [2.75, 3.05) is 0 Å². The largest absolute Gasteiger partial charge is 0.361 e. The van der Waals surface area contributed by atoms with Crippen LogP contribution >= 0.6 is 0 Å². The number of nitrogens with one attached hydrogen (secondary N) is 1. The molecule has 0 aliphatic heterocycles. The second-order valence-corrected chi connectivity index (χ2v) is 5.99. The zero-order valence-corrected chi connectivity index (χ0v) is 13.9. The maximum atomic E-state index is 12.5. The van der Waals surface area contributed by atoms with E-state index in [0.29, 0.717) is 17.0 Å². The number of hydrogen-bond donors (Lipinski definition) is 1. The molecule has 0 aliphatic rings. The Labute approximate surface area is 131 Å². The van der Waals surface area contributed by atoms with Crippen molar-refractivity contribution in [3.63, 3.8) is 0 Å². The SMILES string of the molecule is CCc1ccc([C@@H](NC(=O)c2c(C)noc2C)C(C)C)cc1. The number of carbonyl (C=O) groups excluding carboxylic acids is 1. The summed E-state index contributed by atoms with van der Waals surface area (Å²) in [5.41, 5.74) is 3.57. The molecule has 1 atom stereocenters. The molecule has 0 unspecified atom stereocenters. The monoisotopic (exact) mass is 300 g/mol. The molecule has 2 rings (SSSR count). The summed E-state index contributed by atoms with van der Waals surface area (Å²) in [6.45, 7) is 9.88. The number of nitrogens with zero attached hydrogens (tertiary/aromatic N) is 1. The third-order valence-corrected chi connectivity index (χ3v) is 3.96. The summed E-state index contributed by atoms with van der Waals surface area (Å²) < 4.78 is 5.08. The zero-order chi connectivity index (χ0) is 16.3. The molecule has 0 bridgehead atoms. The Balaban J connectivity index is 2.23. The molecule has 1 heterocycles. The molecule has 1 amide bonds. The van der Waals surface area contributed by atoms with Crippen molar-refractivity contribution in [2.45, 2.75) is 47.1 Å². The van der Waals surface area contributed by atoms with Gasteiger partial charge in [0.05, 0.1) is 11.7 Å². The van der Waals surface area contributed by atoms with Crippen LogP contribution in [-0.2, 0) is 6.42 Å². The molecular weight excluding hydrogens is 276 g/mol. The Morgan fingerprint density at radius 3 is 2.32 bits per heavy atom. The molecule has 0 fully saturated rings. The van der Waals surface area contributed by atoms with Crippen LogP contribution in [0.3, 0.4) is 0 Å². The Morgan fingerprint density at radius 1 is 1.23 bits per heavy atom. The minimum Gasteiger partial charge on any atom is -0.361 e. The average molecular weight is 300 g/mol. The summed E-state index contributed by atoms with van der Waals surface area (Å²) >= 11 is 0. The van der Waals surface area contributed by atoms with Gasteiger partial charge in [-0.2, -0.15) is 0 Å². The van der Waals surface area contributed by atoms with Crippen molar-refractivity contribution in [3.05, 3.63) is 52.4 Å². The van der Waals surface area contributed by atoms with E-state index in [2.05, 4.69) is 55.5 Å². The summed E-state index contributed by atoms with van der Waals surface area (Å²) in [6.07, 6.45) is 1.01. The Bertz CT molecular complexity index is 622. The molecule has 1 aromatic heterocycles. The van der Waals surface area contributed by atoms with Crippen molar-refractivity contribution >= 4 is 5.91 Å². The summed E-state index contributed by atoms with van der Waals surface area (Å²) in [5.74, 6) is 0.713. The van der Waals surface area contributed by atoms with Crippen LogP contribution in [0.2, 0.25) is 0 Å². The molecule has 1 aromatic carbocycles. The van der Waals surface area contributed by atoms with Gasteiger partial charge in [-0.25, -0.2) is 0 Å². The van der Waals surface area contributed by atoms with Crippen molar-refractivity contribution in [3.8, 4) is 0 Å². The topological polar surface area (TPSA) is 55.1 Å². The van der Waals surface area contributed by atoms with E-state index in [9.17, 15) is 4.79 Å². The highest BCUT2D eigenvalue weighted by Crippen LogP contribution is 2.23. The van der Waals surface area contributed by atoms with Crippen molar-refractivity contribution in [1.29, 1.82) is 0 Å². The third kappa shape index (κ3) is 3.38. The summed E-state index contributed by atoms with van der Waals surface area (Å²) in [4.78, 5) is 12.5. The number of aromatic nitrogens is 1. The first-order valence-electron chi connectivity index (χ1n) is 7.76. The first-order valence-corrected chi connectivity index (χ1v) is 7.76. The van der Waals surface area contributed by atoms with Gasteiger partial charge in [-0.1, -0.05) is 50.2 Å². The predicted molar refractivity (Wildman–Crippen MR) is 86.8 cm³/mol. The summed E-state index contributed by atoms with van der Waals surface area (Å²) in [6, 6.07) is 8.39. The fourth-order valence-electron chi connectivity index (χ4n) is 2.62. The lowest BCUT2D eigenvalue weighted by Crippen LogP contribution is -2.32. The first kappa shape index (κ1) is 16.3. The molecule has 4 heteroatoms. The van der Waals surface area contributed by atoms with Crippen LogP contribution in [0.15, 0.2) is 28.8 Å². The fourth-order valence-corrected chi connectivity index (χ4v) is 2.62. The van der Waals surface area contributed by atoms with Gasteiger partial charge in [0.25, 0.3) is 5.91 Å². The molecule has 22 heavy (non-hydrogen) atoms. The van der Waals surface area contributed by atoms with Crippen molar-refractivity contribution < 1.29 is 9.32 Å². The van der Waals surface area contributed by atoms with Crippen molar-refractivity contribution in [1.82, 2.24) is 10.5 Å². The van der Waals surface area contributed by atoms with E-state index in [-0.39, 0.29) is 17.9 Å². The van der Waals surface area contributed by atoms with E-state index in [0.717, 1.165) is 12.0 Å². The Hall–Kier alpha value is -2.10. The van der Waals surface area contributed by atoms with Gasteiger partial charge < -0.3 is 9.84 Å². The number of hydrogen-bond acceptors (Lipinski definition) is 3. The number of benzene rings is 1. The molecule has 0 aliphatic carbocycles. The van der Waals surface area contributed by atoms with Gasteiger partial charge in [0.1, 0.15) is 11.3 Å². The number of aryl methyl sites for hydroxylation is 3. The lowest BCUT2D eigenvalue weighted by molar-refractivity contribution is 0.0923. The van der Waals surface area contributed by atoms with E-state index in [1.807, 2.05) is 0 Å². The number of rotatable bonds is 5. The van der Waals surface area contributed by atoms with E-state index >= 15 is 0 Å². The lowest BCUT2D eigenvalue weighted by atomic mass is 9.94. The van der Waals surface area contributed by atoms with Crippen LogP contribution in [-0.4, -0.2) is 11.1 Å². The predicted octanol–water partition coefficient (Wildman–Crippen LogP) is 3.98. The fraction of sp³-hybridized carbons (Fsp3) is 0.444. The Kier molecular flexibility index (Phi) is 5.01. The van der Waals surface area contributed by atoms with Crippen LogP contribution < -0.4 is 5.32 Å². The maximum absolute atomic E-state index is 12.5. The quantitative estimate of drug-likeness (QED) is 0.908. The van der Waals surface area contributed by atoms with Gasteiger partial charge in [-0.05, 0) is 37.3 Å². The normalized spacial score (nSPS) is 12.5. The van der Waals surface area contributed by atoms with Crippen molar-refractivity contribution in [2.24, 2.45) is 5.92 Å². The molecule has 1 N–H and O–H groups in total. The number of amides is 1. The second-order valence-electron chi connectivity index (χ2n) is 5.99. The van der Waals surface area contributed by atoms with Crippen LogP contribution in [0, 0.1) is 19.8 Å². The van der Waals surface area contributed by atoms with Gasteiger partial charge in [0, 0.05) is 0 Å². The minimum absolute atomic E-state index is 0.0351. The van der Waals surface area contributed by atoms with Gasteiger partial charge in [-0.15, -0.1) is 0 Å². The first-order chi connectivity index (χ1) is 10.4. The molecule has 0 saturated heterocycles. The lowest BCUT2D eigenvalue weighted by Gasteiger charge is -2.23. The van der Waals surface area contributed by atoms with Gasteiger partial charge in [0.15, 0.2) is 0 Å². The third-order valence-electron chi connectivity index (χ3n) is 3.96. The van der Waals surface area contributed by atoms with E-state index in [4.69, 9.17) is 4.52 Å². The van der Waals surface area contributed by atoms with E-state index in [1.54, 1.807) is 13.8 Å². The number of carbonyl (C=O) groups is 1. The highest BCUT2D eigenvalue weighted by atomic mass is 16.5. The van der Waals surface area contributed by atoms with Crippen LogP contribution in [0.5, 0.6) is 0 Å². The van der Waals surface area contributed by atoms with Crippen LogP contribution in [0.25, 0.3) is 0 Å². The summed E-state index contributed by atoms with van der Waals surface area (Å²) in [5, 5.41) is 6.96. The highest BCUT2D eigenvalue weighted by molar-refractivity contribution is 5.96. The zero-order valence-electron chi connectivity index (χ0n) is 13.9. The molecular formula is C18H24N2O2.